The van der Waals surface area contributed by atoms with Crippen molar-refractivity contribution >= 4 is 11.6 Å². The molecule has 6 rings (SSSR count). The summed E-state index contributed by atoms with van der Waals surface area (Å²) >= 11 is 5.94. The Kier molecular flexibility index (Phi) is 6.80. The van der Waals surface area contributed by atoms with Gasteiger partial charge in [-0.3, -0.25) is 4.90 Å². The van der Waals surface area contributed by atoms with Crippen molar-refractivity contribution in [3.05, 3.63) is 75.8 Å². The molecule has 38 heavy (non-hydrogen) atoms. The van der Waals surface area contributed by atoms with Crippen molar-refractivity contribution in [2.75, 3.05) is 19.7 Å². The van der Waals surface area contributed by atoms with E-state index in [0.717, 1.165) is 37.9 Å². The van der Waals surface area contributed by atoms with E-state index < -0.39 is 24.2 Å². The van der Waals surface area contributed by atoms with E-state index in [1.165, 1.54) is 6.07 Å². The van der Waals surface area contributed by atoms with Gasteiger partial charge >= 0.3 is 0 Å². The number of hydrogen-bond donors (Lipinski definition) is 1. The molecule has 1 N–H and O–H groups in total. The fourth-order valence-corrected chi connectivity index (χ4v) is 5.82. The van der Waals surface area contributed by atoms with E-state index in [1.807, 2.05) is 18.2 Å². The minimum Gasteiger partial charge on any atom is -0.444 e. The van der Waals surface area contributed by atoms with Crippen molar-refractivity contribution in [1.82, 2.24) is 14.5 Å². The number of fused-ring (bicyclic) bond motifs is 1. The lowest BCUT2D eigenvalue weighted by Gasteiger charge is -2.33. The van der Waals surface area contributed by atoms with Gasteiger partial charge in [-0.05, 0) is 62.5 Å². The number of aromatic nitrogens is 2. The zero-order valence-electron chi connectivity index (χ0n) is 21.1. The molecule has 0 bridgehead atoms. The zero-order chi connectivity index (χ0) is 26.4. The van der Waals surface area contributed by atoms with E-state index >= 15 is 0 Å². The standard InChI is InChI=1S/C28H30ClF2N3O4/c1-28(21-6-5-18(29)13-22(21)30)37-24-4-2-3-20(26(24)38-28)17-7-10-33(11-8-17)15-25-32-27(31)23(16-35)34(25)14-19-9-12-36-19/h2-6,13,17,19,35H,7-12,14-16H2,1H3. The molecular weight excluding hydrogens is 516 g/mol. The molecule has 2 fully saturated rings. The number of halogens is 3. The maximum atomic E-state index is 14.7. The molecular formula is C28H30ClF2N3O4. The maximum absolute atomic E-state index is 14.7. The van der Waals surface area contributed by atoms with E-state index in [-0.39, 0.29) is 23.3 Å². The molecule has 0 amide bonds. The van der Waals surface area contributed by atoms with Crippen LogP contribution < -0.4 is 9.47 Å². The third-order valence-electron chi connectivity index (χ3n) is 7.86. The molecule has 2 unspecified atom stereocenters. The summed E-state index contributed by atoms with van der Waals surface area (Å²) < 4.78 is 48.9. The van der Waals surface area contributed by atoms with Gasteiger partial charge in [0.05, 0.1) is 31.4 Å². The summed E-state index contributed by atoms with van der Waals surface area (Å²) in [5.41, 5.74) is 1.54. The van der Waals surface area contributed by atoms with Crippen LogP contribution >= 0.6 is 11.6 Å². The van der Waals surface area contributed by atoms with Crippen LogP contribution in [0.1, 0.15) is 54.7 Å². The molecule has 2 atom stereocenters. The highest BCUT2D eigenvalue weighted by molar-refractivity contribution is 6.30. The fraction of sp³-hybridized carbons (Fsp3) is 0.464. The second-order valence-electron chi connectivity index (χ2n) is 10.3. The van der Waals surface area contributed by atoms with Crippen molar-refractivity contribution in [2.24, 2.45) is 0 Å². The normalized spacial score (nSPS) is 23.6. The van der Waals surface area contributed by atoms with Crippen molar-refractivity contribution < 1.29 is 28.1 Å². The number of benzene rings is 2. The topological polar surface area (TPSA) is 69.0 Å². The lowest BCUT2D eigenvalue weighted by Crippen LogP contribution is -2.36. The molecule has 0 saturated carbocycles. The van der Waals surface area contributed by atoms with Crippen LogP contribution in [0, 0.1) is 11.8 Å². The van der Waals surface area contributed by atoms with Gasteiger partial charge in [0.2, 0.25) is 5.95 Å². The number of likely N-dealkylation sites (tertiary alicyclic amines) is 1. The lowest BCUT2D eigenvalue weighted by atomic mass is 9.88. The monoisotopic (exact) mass is 545 g/mol. The number of nitrogens with zero attached hydrogens (tertiary/aromatic N) is 3. The third kappa shape index (κ3) is 4.66. The molecule has 4 heterocycles. The van der Waals surface area contributed by atoms with Gasteiger partial charge in [0, 0.05) is 24.1 Å². The number of imidazole rings is 1. The Labute approximate surface area is 224 Å². The number of hydrogen-bond acceptors (Lipinski definition) is 6. The molecule has 3 aliphatic heterocycles. The summed E-state index contributed by atoms with van der Waals surface area (Å²) in [5.74, 6) is -0.306. The quantitative estimate of drug-likeness (QED) is 0.444. The Morgan fingerprint density at radius 1 is 1.13 bits per heavy atom. The van der Waals surface area contributed by atoms with Crippen LogP contribution in [-0.2, 0) is 30.2 Å². The van der Waals surface area contributed by atoms with Crippen LogP contribution in [0.4, 0.5) is 8.78 Å². The van der Waals surface area contributed by atoms with E-state index in [4.69, 9.17) is 25.8 Å². The summed E-state index contributed by atoms with van der Waals surface area (Å²) in [7, 11) is 0. The highest BCUT2D eigenvalue weighted by atomic mass is 35.5. The molecule has 7 nitrogen and oxygen atoms in total. The minimum atomic E-state index is -1.29. The van der Waals surface area contributed by atoms with Gasteiger partial charge in [-0.2, -0.15) is 4.39 Å². The second-order valence-corrected chi connectivity index (χ2v) is 10.8. The van der Waals surface area contributed by atoms with Gasteiger partial charge < -0.3 is 23.9 Å². The SMILES string of the molecule is CC1(c2ccc(Cl)cc2F)Oc2cccc(C3CCN(Cc4nc(F)c(CO)n4CC4CCO4)CC3)c2O1. The molecule has 0 spiro atoms. The van der Waals surface area contributed by atoms with E-state index in [9.17, 15) is 13.9 Å². The van der Waals surface area contributed by atoms with Gasteiger partial charge in [-0.25, -0.2) is 9.37 Å². The first-order chi connectivity index (χ1) is 18.3. The molecule has 3 aliphatic rings. The summed E-state index contributed by atoms with van der Waals surface area (Å²) in [6, 6.07) is 10.3. The first-order valence-corrected chi connectivity index (χ1v) is 13.4. The highest BCUT2D eigenvalue weighted by Gasteiger charge is 2.43. The Bertz CT molecular complexity index is 1340. The van der Waals surface area contributed by atoms with E-state index in [2.05, 4.69) is 9.88 Å². The summed E-state index contributed by atoms with van der Waals surface area (Å²) in [4.78, 5) is 6.39. The average Bonchev–Trinajstić information content (AvgIpc) is 3.37. The zero-order valence-corrected chi connectivity index (χ0v) is 21.9. The Morgan fingerprint density at radius 3 is 2.61 bits per heavy atom. The summed E-state index contributed by atoms with van der Waals surface area (Å²) in [6.45, 7) is 4.61. The summed E-state index contributed by atoms with van der Waals surface area (Å²) in [6.07, 6.45) is 2.70. The maximum Gasteiger partial charge on any atom is 0.278 e. The highest BCUT2D eigenvalue weighted by Crippen LogP contribution is 2.49. The Balaban J connectivity index is 1.15. The van der Waals surface area contributed by atoms with Gasteiger partial charge in [0.25, 0.3) is 5.79 Å². The Hall–Kier alpha value is -2.72. The summed E-state index contributed by atoms with van der Waals surface area (Å²) in [5, 5.41) is 10.0. The molecule has 3 aromatic rings. The van der Waals surface area contributed by atoms with Crippen molar-refractivity contribution in [1.29, 1.82) is 0 Å². The van der Waals surface area contributed by atoms with Crippen LogP contribution in [-0.4, -0.2) is 45.4 Å². The van der Waals surface area contributed by atoms with E-state index in [0.29, 0.717) is 42.0 Å². The predicted octanol–water partition coefficient (Wildman–Crippen LogP) is 5.12. The molecule has 2 saturated heterocycles. The molecule has 10 heteroatoms. The largest absolute Gasteiger partial charge is 0.444 e. The van der Waals surface area contributed by atoms with Crippen molar-refractivity contribution in [3.8, 4) is 11.5 Å². The molecule has 1 aromatic heterocycles. The van der Waals surface area contributed by atoms with Crippen LogP contribution in [0.2, 0.25) is 5.02 Å². The number of para-hydroxylation sites is 1. The van der Waals surface area contributed by atoms with Crippen molar-refractivity contribution in [3.63, 3.8) is 0 Å². The van der Waals surface area contributed by atoms with Gasteiger partial charge in [0.15, 0.2) is 11.5 Å². The van der Waals surface area contributed by atoms with E-state index in [1.54, 1.807) is 23.6 Å². The molecule has 0 aliphatic carbocycles. The first kappa shape index (κ1) is 25.6. The smallest absolute Gasteiger partial charge is 0.278 e. The molecule has 2 aromatic carbocycles. The first-order valence-electron chi connectivity index (χ1n) is 13.0. The lowest BCUT2D eigenvalue weighted by molar-refractivity contribution is -0.0712. The van der Waals surface area contributed by atoms with Gasteiger partial charge in [0.1, 0.15) is 17.3 Å². The minimum absolute atomic E-state index is 0.0350. The van der Waals surface area contributed by atoms with Crippen LogP contribution in [0.15, 0.2) is 36.4 Å². The fourth-order valence-electron chi connectivity index (χ4n) is 5.66. The molecule has 0 radical (unpaired) electrons. The number of aliphatic hydroxyl groups is 1. The number of ether oxygens (including phenoxy) is 3. The van der Waals surface area contributed by atoms with Crippen LogP contribution in [0.25, 0.3) is 0 Å². The Morgan fingerprint density at radius 2 is 1.92 bits per heavy atom. The van der Waals surface area contributed by atoms with Crippen LogP contribution in [0.5, 0.6) is 11.5 Å². The average molecular weight is 546 g/mol. The van der Waals surface area contributed by atoms with Crippen molar-refractivity contribution in [2.45, 2.75) is 63.7 Å². The number of aliphatic hydroxyl groups excluding tert-OH is 1. The second kappa shape index (κ2) is 10.1. The third-order valence-corrected chi connectivity index (χ3v) is 8.09. The molecule has 202 valence electrons. The van der Waals surface area contributed by atoms with Crippen LogP contribution in [0.3, 0.4) is 0 Å². The van der Waals surface area contributed by atoms with Gasteiger partial charge in [-0.15, -0.1) is 0 Å². The number of piperidine rings is 1. The van der Waals surface area contributed by atoms with Gasteiger partial charge in [-0.1, -0.05) is 23.7 Å². The predicted molar refractivity (Wildman–Crippen MR) is 136 cm³/mol. The number of rotatable bonds is 7.